The molecule has 146 valence electrons. The van der Waals surface area contributed by atoms with Gasteiger partial charge < -0.3 is 9.84 Å². The molecule has 0 aliphatic rings. The van der Waals surface area contributed by atoms with E-state index in [0.717, 1.165) is 23.1 Å². The molecular weight excluding hydrogens is 344 g/mol. The third-order valence-electron chi connectivity index (χ3n) is 4.99. The Labute approximate surface area is 168 Å². The molecule has 0 aliphatic carbocycles. The number of benzene rings is 3. The summed E-state index contributed by atoms with van der Waals surface area (Å²) in [6.07, 6.45) is 0.889. The summed E-state index contributed by atoms with van der Waals surface area (Å²) in [5.74, 6) is 1.94. The predicted octanol–water partition coefficient (Wildman–Crippen LogP) is 7.35. The van der Waals surface area contributed by atoms with Gasteiger partial charge in [-0.2, -0.15) is 0 Å². The molecule has 0 bridgehead atoms. The van der Waals surface area contributed by atoms with Crippen molar-refractivity contribution in [1.29, 1.82) is 0 Å². The van der Waals surface area contributed by atoms with Gasteiger partial charge in [-0.15, -0.1) is 0 Å². The summed E-state index contributed by atoms with van der Waals surface area (Å²) >= 11 is 0. The lowest BCUT2D eigenvalue weighted by atomic mass is 9.98. The highest BCUT2D eigenvalue weighted by Crippen LogP contribution is 2.35. The van der Waals surface area contributed by atoms with Gasteiger partial charge in [0.05, 0.1) is 0 Å². The Morgan fingerprint density at radius 3 is 2.04 bits per heavy atom. The fourth-order valence-corrected chi connectivity index (χ4v) is 3.39. The van der Waals surface area contributed by atoms with Gasteiger partial charge in [0.15, 0.2) is 0 Å². The molecule has 0 saturated heterocycles. The smallest absolute Gasteiger partial charge is 0.127 e. The Kier molecular flexibility index (Phi) is 6.41. The Morgan fingerprint density at radius 2 is 1.46 bits per heavy atom. The highest BCUT2D eigenvalue weighted by molar-refractivity contribution is 5.71. The zero-order chi connectivity index (χ0) is 20.1. The van der Waals surface area contributed by atoms with Crippen LogP contribution in [0.25, 0.3) is 11.1 Å². The Balaban J connectivity index is 1.82. The van der Waals surface area contributed by atoms with Crippen LogP contribution in [0.1, 0.15) is 57.3 Å². The number of phenolic OH excluding ortho intramolecular Hbond substituents is 1. The monoisotopic (exact) mass is 374 g/mol. The maximum atomic E-state index is 10.6. The van der Waals surface area contributed by atoms with Gasteiger partial charge in [-0.25, -0.2) is 0 Å². The minimum absolute atomic E-state index is 0.0308. The summed E-state index contributed by atoms with van der Waals surface area (Å²) in [5.41, 5.74) is 4.28. The molecule has 0 aromatic heterocycles. The van der Waals surface area contributed by atoms with E-state index >= 15 is 0 Å². The van der Waals surface area contributed by atoms with Crippen molar-refractivity contribution in [1.82, 2.24) is 0 Å². The van der Waals surface area contributed by atoms with Crippen LogP contribution in [-0.4, -0.2) is 5.11 Å². The van der Waals surface area contributed by atoms with Crippen molar-refractivity contribution in [3.8, 4) is 22.6 Å². The maximum absolute atomic E-state index is 10.6. The minimum Gasteiger partial charge on any atom is -0.507 e. The second kappa shape index (κ2) is 8.97. The molecule has 0 fully saturated rings. The SMILES string of the molecule is CC(C)CC(Oc1ccc(-c2ccc(C(C)C)cc2)c(O)c1)c1ccccc1. The third-order valence-corrected chi connectivity index (χ3v) is 4.99. The van der Waals surface area contributed by atoms with Crippen molar-refractivity contribution in [2.45, 2.75) is 46.1 Å². The van der Waals surface area contributed by atoms with E-state index in [2.05, 4.69) is 64.1 Å². The van der Waals surface area contributed by atoms with Gasteiger partial charge >= 0.3 is 0 Å². The third kappa shape index (κ3) is 4.95. The van der Waals surface area contributed by atoms with Gasteiger partial charge in [0.25, 0.3) is 0 Å². The summed E-state index contributed by atoms with van der Waals surface area (Å²) in [6.45, 7) is 8.75. The van der Waals surface area contributed by atoms with Crippen molar-refractivity contribution in [3.63, 3.8) is 0 Å². The highest BCUT2D eigenvalue weighted by Gasteiger charge is 2.16. The Bertz CT molecular complexity index is 880. The topological polar surface area (TPSA) is 29.5 Å². The lowest BCUT2D eigenvalue weighted by Crippen LogP contribution is -2.10. The number of hydrogen-bond donors (Lipinski definition) is 1. The van der Waals surface area contributed by atoms with Crippen LogP contribution in [0, 0.1) is 5.92 Å². The number of ether oxygens (including phenoxy) is 1. The van der Waals surface area contributed by atoms with Gasteiger partial charge in [-0.3, -0.25) is 0 Å². The normalized spacial score (nSPS) is 12.4. The maximum Gasteiger partial charge on any atom is 0.127 e. The van der Waals surface area contributed by atoms with Crippen molar-refractivity contribution in [3.05, 3.63) is 83.9 Å². The van der Waals surface area contributed by atoms with E-state index < -0.39 is 0 Å². The first-order valence-corrected chi connectivity index (χ1v) is 10.1. The first kappa shape index (κ1) is 20.0. The van der Waals surface area contributed by atoms with Crippen LogP contribution in [0.3, 0.4) is 0 Å². The molecule has 0 saturated carbocycles. The second-order valence-electron chi connectivity index (χ2n) is 8.10. The lowest BCUT2D eigenvalue weighted by Gasteiger charge is -2.22. The predicted molar refractivity (Wildman–Crippen MR) is 117 cm³/mol. The molecular formula is C26H30O2. The second-order valence-corrected chi connectivity index (χ2v) is 8.10. The van der Waals surface area contributed by atoms with Crippen LogP contribution in [0.15, 0.2) is 72.8 Å². The van der Waals surface area contributed by atoms with E-state index in [-0.39, 0.29) is 11.9 Å². The molecule has 28 heavy (non-hydrogen) atoms. The molecule has 0 aliphatic heterocycles. The molecule has 3 aromatic carbocycles. The Hall–Kier alpha value is -2.74. The number of rotatable bonds is 7. The Morgan fingerprint density at radius 1 is 0.786 bits per heavy atom. The van der Waals surface area contributed by atoms with E-state index in [1.54, 1.807) is 6.07 Å². The zero-order valence-electron chi connectivity index (χ0n) is 17.2. The first-order valence-electron chi connectivity index (χ1n) is 10.1. The molecule has 0 heterocycles. The fourth-order valence-electron chi connectivity index (χ4n) is 3.39. The summed E-state index contributed by atoms with van der Waals surface area (Å²) in [4.78, 5) is 0. The molecule has 0 radical (unpaired) electrons. The number of hydrogen-bond acceptors (Lipinski definition) is 2. The largest absolute Gasteiger partial charge is 0.507 e. The standard InChI is InChI=1S/C26H30O2/c1-18(2)16-26(22-8-6-5-7-9-22)28-23-14-15-24(25(27)17-23)21-12-10-20(11-13-21)19(3)4/h5-15,17-19,26-27H,16H2,1-4H3. The van der Waals surface area contributed by atoms with Gasteiger partial charge in [0.2, 0.25) is 0 Å². The molecule has 1 N–H and O–H groups in total. The zero-order valence-corrected chi connectivity index (χ0v) is 17.2. The summed E-state index contributed by atoms with van der Waals surface area (Å²) < 4.78 is 6.27. The fraction of sp³-hybridized carbons (Fsp3) is 0.308. The van der Waals surface area contributed by atoms with Crippen LogP contribution in [0.2, 0.25) is 0 Å². The quantitative estimate of drug-likeness (QED) is 0.468. The van der Waals surface area contributed by atoms with Crippen molar-refractivity contribution < 1.29 is 9.84 Å². The van der Waals surface area contributed by atoms with Crippen molar-refractivity contribution >= 4 is 0 Å². The van der Waals surface area contributed by atoms with Gasteiger partial charge in [0.1, 0.15) is 17.6 Å². The average molecular weight is 375 g/mol. The molecule has 3 rings (SSSR count). The van der Waals surface area contributed by atoms with Gasteiger partial charge in [-0.1, -0.05) is 82.3 Å². The van der Waals surface area contributed by atoms with E-state index in [1.165, 1.54) is 5.56 Å². The molecule has 0 amide bonds. The highest BCUT2D eigenvalue weighted by atomic mass is 16.5. The average Bonchev–Trinajstić information content (AvgIpc) is 2.68. The van der Waals surface area contributed by atoms with Crippen molar-refractivity contribution in [2.75, 3.05) is 0 Å². The molecule has 2 heteroatoms. The first-order chi connectivity index (χ1) is 13.4. The minimum atomic E-state index is -0.0308. The van der Waals surface area contributed by atoms with Crippen LogP contribution in [0.5, 0.6) is 11.5 Å². The van der Waals surface area contributed by atoms with E-state index in [9.17, 15) is 5.11 Å². The van der Waals surface area contributed by atoms with Crippen molar-refractivity contribution in [2.24, 2.45) is 5.92 Å². The number of aromatic hydroxyl groups is 1. The van der Waals surface area contributed by atoms with Crippen LogP contribution < -0.4 is 4.74 Å². The lowest BCUT2D eigenvalue weighted by molar-refractivity contribution is 0.177. The van der Waals surface area contributed by atoms with Gasteiger partial charge in [-0.05, 0) is 47.1 Å². The van der Waals surface area contributed by atoms with Crippen LogP contribution in [0.4, 0.5) is 0 Å². The van der Waals surface area contributed by atoms with E-state index in [1.807, 2.05) is 30.3 Å². The number of phenols is 1. The molecule has 1 unspecified atom stereocenters. The van der Waals surface area contributed by atoms with E-state index in [0.29, 0.717) is 17.6 Å². The van der Waals surface area contributed by atoms with Crippen LogP contribution in [-0.2, 0) is 0 Å². The van der Waals surface area contributed by atoms with Crippen LogP contribution >= 0.6 is 0 Å². The van der Waals surface area contributed by atoms with E-state index in [4.69, 9.17) is 4.74 Å². The summed E-state index contributed by atoms with van der Waals surface area (Å²) in [6, 6.07) is 24.3. The molecule has 1 atom stereocenters. The molecule has 2 nitrogen and oxygen atoms in total. The molecule has 0 spiro atoms. The van der Waals surface area contributed by atoms with Gasteiger partial charge in [0, 0.05) is 11.6 Å². The summed E-state index contributed by atoms with van der Waals surface area (Å²) in [5, 5.41) is 10.6. The molecule has 3 aromatic rings. The summed E-state index contributed by atoms with van der Waals surface area (Å²) in [7, 11) is 0.